The van der Waals surface area contributed by atoms with E-state index in [1.165, 1.54) is 6.33 Å². The van der Waals surface area contributed by atoms with E-state index < -0.39 is 0 Å². The maximum Gasteiger partial charge on any atom is 0.152 e. The zero-order valence-electron chi connectivity index (χ0n) is 5.60. The quantitative estimate of drug-likeness (QED) is 0.571. The van der Waals surface area contributed by atoms with Crippen molar-refractivity contribution in [3.8, 4) is 0 Å². The Morgan fingerprint density at radius 2 is 2.60 bits per heavy atom. The zero-order chi connectivity index (χ0) is 6.81. The highest BCUT2D eigenvalue weighted by atomic mass is 16.5. The monoisotopic (exact) mass is 139 g/mol. The fourth-order valence-corrected chi connectivity index (χ4v) is 1.14. The Bertz CT molecular complexity index is 191. The van der Waals surface area contributed by atoms with Gasteiger partial charge in [0.25, 0.3) is 0 Å². The molecule has 1 aliphatic rings. The van der Waals surface area contributed by atoms with Gasteiger partial charge in [0.15, 0.2) is 6.23 Å². The molecule has 0 radical (unpaired) electrons. The van der Waals surface area contributed by atoms with Gasteiger partial charge in [0.05, 0.1) is 0 Å². The number of ether oxygens (including phenoxy) is 1. The number of nitrogens with zero attached hydrogens (tertiary/aromatic N) is 3. The topological polar surface area (TPSA) is 39.9 Å². The summed E-state index contributed by atoms with van der Waals surface area (Å²) < 4.78 is 7.11. The fraction of sp³-hybridized carbons (Fsp3) is 0.667. The van der Waals surface area contributed by atoms with Crippen LogP contribution in [0.1, 0.15) is 19.1 Å². The van der Waals surface area contributed by atoms with E-state index in [1.807, 2.05) is 0 Å². The minimum atomic E-state index is 0.141. The summed E-state index contributed by atoms with van der Waals surface area (Å²) in [6.45, 7) is 0.852. The first-order valence-electron chi connectivity index (χ1n) is 3.42. The van der Waals surface area contributed by atoms with E-state index in [-0.39, 0.29) is 6.23 Å². The molecular formula is C6H9N3O. The molecule has 0 saturated carbocycles. The standard InChI is InChI=1S/C6H9N3O/c1-2-6(10-3-1)9-5-7-4-8-9/h4-6H,1-3H2. The summed E-state index contributed by atoms with van der Waals surface area (Å²) in [5.74, 6) is 0. The van der Waals surface area contributed by atoms with Crippen LogP contribution < -0.4 is 0 Å². The van der Waals surface area contributed by atoms with Gasteiger partial charge in [0.2, 0.25) is 0 Å². The lowest BCUT2D eigenvalue weighted by atomic mass is 10.3. The molecule has 2 heterocycles. The van der Waals surface area contributed by atoms with E-state index in [0.29, 0.717) is 0 Å². The van der Waals surface area contributed by atoms with Crippen LogP contribution in [-0.2, 0) is 4.74 Å². The molecule has 0 amide bonds. The summed E-state index contributed by atoms with van der Waals surface area (Å²) in [5, 5.41) is 3.98. The number of hydrogen-bond acceptors (Lipinski definition) is 3. The minimum Gasteiger partial charge on any atom is -0.356 e. The predicted molar refractivity (Wildman–Crippen MR) is 34.2 cm³/mol. The van der Waals surface area contributed by atoms with Crippen LogP contribution in [0.3, 0.4) is 0 Å². The van der Waals surface area contributed by atoms with Gasteiger partial charge in [-0.15, -0.1) is 0 Å². The Labute approximate surface area is 58.8 Å². The second kappa shape index (κ2) is 2.38. The smallest absolute Gasteiger partial charge is 0.152 e. The number of aromatic nitrogens is 3. The molecule has 1 unspecified atom stereocenters. The molecule has 0 bridgehead atoms. The van der Waals surface area contributed by atoms with Gasteiger partial charge < -0.3 is 4.74 Å². The molecule has 2 rings (SSSR count). The highest BCUT2D eigenvalue weighted by Gasteiger charge is 2.16. The van der Waals surface area contributed by atoms with Crippen molar-refractivity contribution in [1.82, 2.24) is 14.8 Å². The highest BCUT2D eigenvalue weighted by Crippen LogP contribution is 2.20. The lowest BCUT2D eigenvalue weighted by Gasteiger charge is -2.06. The van der Waals surface area contributed by atoms with Crippen LogP contribution in [-0.4, -0.2) is 21.4 Å². The maximum atomic E-state index is 5.36. The number of rotatable bonds is 1. The van der Waals surface area contributed by atoms with E-state index >= 15 is 0 Å². The SMILES string of the molecule is c1ncn(C2CCCO2)n1. The zero-order valence-corrected chi connectivity index (χ0v) is 5.60. The van der Waals surface area contributed by atoms with E-state index in [1.54, 1.807) is 11.0 Å². The molecule has 4 heteroatoms. The Morgan fingerprint density at radius 1 is 1.60 bits per heavy atom. The molecule has 1 aromatic rings. The Hall–Kier alpha value is -0.900. The summed E-state index contributed by atoms with van der Waals surface area (Å²) >= 11 is 0. The first kappa shape index (κ1) is 5.85. The van der Waals surface area contributed by atoms with Crippen molar-refractivity contribution in [2.24, 2.45) is 0 Å². The Kier molecular flexibility index (Phi) is 1.39. The molecule has 0 aliphatic carbocycles. The normalized spacial score (nSPS) is 25.4. The molecule has 1 saturated heterocycles. The van der Waals surface area contributed by atoms with Crippen molar-refractivity contribution < 1.29 is 4.74 Å². The first-order chi connectivity index (χ1) is 4.97. The van der Waals surface area contributed by atoms with Gasteiger partial charge in [-0.3, -0.25) is 0 Å². The van der Waals surface area contributed by atoms with Gasteiger partial charge in [-0.25, -0.2) is 9.67 Å². The van der Waals surface area contributed by atoms with Crippen LogP contribution in [0.5, 0.6) is 0 Å². The van der Waals surface area contributed by atoms with E-state index in [4.69, 9.17) is 4.74 Å². The third kappa shape index (κ3) is 0.903. The van der Waals surface area contributed by atoms with E-state index in [2.05, 4.69) is 10.1 Å². The van der Waals surface area contributed by atoms with Crippen LogP contribution >= 0.6 is 0 Å². The summed E-state index contributed by atoms with van der Waals surface area (Å²) in [4.78, 5) is 3.84. The summed E-state index contributed by atoms with van der Waals surface area (Å²) in [6, 6.07) is 0. The van der Waals surface area contributed by atoms with Crippen LogP contribution in [0, 0.1) is 0 Å². The predicted octanol–water partition coefficient (Wildman–Crippen LogP) is 0.587. The van der Waals surface area contributed by atoms with Crippen molar-refractivity contribution in [2.45, 2.75) is 19.1 Å². The van der Waals surface area contributed by atoms with E-state index in [0.717, 1.165) is 19.4 Å². The molecule has 0 N–H and O–H groups in total. The van der Waals surface area contributed by atoms with Crippen LogP contribution in [0.15, 0.2) is 12.7 Å². The van der Waals surface area contributed by atoms with Crippen LogP contribution in [0.2, 0.25) is 0 Å². The molecule has 54 valence electrons. The largest absolute Gasteiger partial charge is 0.356 e. The van der Waals surface area contributed by atoms with Gasteiger partial charge >= 0.3 is 0 Å². The van der Waals surface area contributed by atoms with Crippen molar-refractivity contribution in [2.75, 3.05) is 6.61 Å². The van der Waals surface area contributed by atoms with E-state index in [9.17, 15) is 0 Å². The summed E-state index contributed by atoms with van der Waals surface area (Å²) in [5.41, 5.74) is 0. The minimum absolute atomic E-state index is 0.141. The Morgan fingerprint density at radius 3 is 3.20 bits per heavy atom. The third-order valence-electron chi connectivity index (χ3n) is 1.64. The second-order valence-corrected chi connectivity index (χ2v) is 2.34. The lowest BCUT2D eigenvalue weighted by molar-refractivity contribution is 0.0465. The molecule has 1 aromatic heterocycles. The van der Waals surface area contributed by atoms with Crippen LogP contribution in [0.4, 0.5) is 0 Å². The molecule has 1 aliphatic heterocycles. The van der Waals surface area contributed by atoms with Gasteiger partial charge in [-0.1, -0.05) is 0 Å². The first-order valence-corrected chi connectivity index (χ1v) is 3.42. The summed E-state index contributed by atoms with van der Waals surface area (Å²) in [6.07, 6.45) is 5.55. The second-order valence-electron chi connectivity index (χ2n) is 2.34. The average molecular weight is 139 g/mol. The Balaban J connectivity index is 2.12. The fourth-order valence-electron chi connectivity index (χ4n) is 1.14. The van der Waals surface area contributed by atoms with Gasteiger partial charge in [-0.2, -0.15) is 5.10 Å². The summed E-state index contributed by atoms with van der Waals surface area (Å²) in [7, 11) is 0. The molecule has 4 nitrogen and oxygen atoms in total. The van der Waals surface area contributed by atoms with Crippen molar-refractivity contribution in [3.63, 3.8) is 0 Å². The van der Waals surface area contributed by atoms with Gasteiger partial charge in [0.1, 0.15) is 12.7 Å². The van der Waals surface area contributed by atoms with Crippen molar-refractivity contribution in [1.29, 1.82) is 0 Å². The average Bonchev–Trinajstić information content (AvgIpc) is 2.59. The van der Waals surface area contributed by atoms with Crippen molar-refractivity contribution >= 4 is 0 Å². The molecule has 1 fully saturated rings. The van der Waals surface area contributed by atoms with Gasteiger partial charge in [0, 0.05) is 6.61 Å². The highest BCUT2D eigenvalue weighted by molar-refractivity contribution is 4.65. The molecule has 0 spiro atoms. The molecule has 10 heavy (non-hydrogen) atoms. The van der Waals surface area contributed by atoms with Gasteiger partial charge in [-0.05, 0) is 12.8 Å². The van der Waals surface area contributed by atoms with Crippen molar-refractivity contribution in [3.05, 3.63) is 12.7 Å². The van der Waals surface area contributed by atoms with Crippen LogP contribution in [0.25, 0.3) is 0 Å². The molecule has 0 aromatic carbocycles. The lowest BCUT2D eigenvalue weighted by Crippen LogP contribution is -2.06. The molecular weight excluding hydrogens is 130 g/mol. The molecule has 1 atom stereocenters. The third-order valence-corrected chi connectivity index (χ3v) is 1.64. The number of hydrogen-bond donors (Lipinski definition) is 0. The maximum absolute atomic E-state index is 5.36.